The normalized spacial score (nSPS) is 14.9. The van der Waals surface area contributed by atoms with E-state index in [1.54, 1.807) is 19.1 Å². The van der Waals surface area contributed by atoms with Crippen molar-refractivity contribution < 1.29 is 18.7 Å². The van der Waals surface area contributed by atoms with Gasteiger partial charge in [0.25, 0.3) is 0 Å². The number of carbonyl (C=O) groups excluding carboxylic acids is 1. The fourth-order valence-corrected chi connectivity index (χ4v) is 3.17. The molecule has 0 aromatic heterocycles. The number of esters is 1. The van der Waals surface area contributed by atoms with Crippen LogP contribution in [-0.2, 0) is 27.3 Å². The second kappa shape index (κ2) is 9.80. The van der Waals surface area contributed by atoms with E-state index in [9.17, 15) is 9.18 Å². The summed E-state index contributed by atoms with van der Waals surface area (Å²) in [6.45, 7) is 7.87. The smallest absolute Gasteiger partial charge is 0.322 e. The number of ether oxygens (including phenoxy) is 2. The van der Waals surface area contributed by atoms with Gasteiger partial charge in [-0.3, -0.25) is 4.79 Å². The Kier molecular flexibility index (Phi) is 7.72. The van der Waals surface area contributed by atoms with Crippen molar-refractivity contribution >= 4 is 5.97 Å². The summed E-state index contributed by atoms with van der Waals surface area (Å²) in [5, 5.41) is 0. The lowest BCUT2D eigenvalue weighted by atomic mass is 9.81. The zero-order chi connectivity index (χ0) is 20.7. The van der Waals surface area contributed by atoms with E-state index >= 15 is 0 Å². The van der Waals surface area contributed by atoms with Gasteiger partial charge in [0, 0.05) is 5.92 Å². The van der Waals surface area contributed by atoms with Crippen molar-refractivity contribution in [2.75, 3.05) is 0 Å². The van der Waals surface area contributed by atoms with Crippen molar-refractivity contribution in [1.29, 1.82) is 0 Å². The molecule has 0 amide bonds. The summed E-state index contributed by atoms with van der Waals surface area (Å²) in [5.41, 5.74) is 7.07. The quantitative estimate of drug-likeness (QED) is 0.653. The molecule has 0 saturated carbocycles. The molecule has 0 radical (unpaired) electrons. The second-order valence-electron chi connectivity index (χ2n) is 7.75. The first-order chi connectivity index (χ1) is 13.2. The van der Waals surface area contributed by atoms with Gasteiger partial charge in [-0.1, -0.05) is 42.5 Å². The number of benzene rings is 2. The SMILES string of the molecule is C[C@H](N)C(=O)O[C@@H](C)[C@H](Cc1ccc(F)cc1)C(C)(C)OCc1ccccc1. The van der Waals surface area contributed by atoms with Gasteiger partial charge < -0.3 is 15.2 Å². The van der Waals surface area contributed by atoms with Crippen LogP contribution in [0.5, 0.6) is 0 Å². The molecule has 0 unspecified atom stereocenters. The Balaban J connectivity index is 2.18. The molecule has 0 heterocycles. The Morgan fingerprint density at radius 3 is 2.21 bits per heavy atom. The average Bonchev–Trinajstić information content (AvgIpc) is 2.66. The van der Waals surface area contributed by atoms with Crippen LogP contribution in [0.1, 0.15) is 38.8 Å². The lowest BCUT2D eigenvalue weighted by Gasteiger charge is -2.38. The van der Waals surface area contributed by atoms with Gasteiger partial charge in [0.15, 0.2) is 0 Å². The number of nitrogens with two attached hydrogens (primary N) is 1. The van der Waals surface area contributed by atoms with Crippen LogP contribution >= 0.6 is 0 Å². The van der Waals surface area contributed by atoms with E-state index in [1.165, 1.54) is 12.1 Å². The average molecular weight is 387 g/mol. The van der Waals surface area contributed by atoms with Crippen LogP contribution in [0, 0.1) is 11.7 Å². The van der Waals surface area contributed by atoms with E-state index < -0.39 is 23.7 Å². The molecule has 152 valence electrons. The molecule has 0 spiro atoms. The molecule has 5 heteroatoms. The fourth-order valence-electron chi connectivity index (χ4n) is 3.17. The molecule has 0 fully saturated rings. The highest BCUT2D eigenvalue weighted by Gasteiger charge is 2.37. The summed E-state index contributed by atoms with van der Waals surface area (Å²) >= 11 is 0. The van der Waals surface area contributed by atoms with Gasteiger partial charge in [-0.2, -0.15) is 0 Å². The Hall–Kier alpha value is -2.24. The zero-order valence-electron chi connectivity index (χ0n) is 17.0. The van der Waals surface area contributed by atoms with E-state index in [4.69, 9.17) is 15.2 Å². The first-order valence-electron chi connectivity index (χ1n) is 9.57. The molecule has 4 nitrogen and oxygen atoms in total. The number of halogens is 1. The van der Waals surface area contributed by atoms with Crippen LogP contribution in [0.4, 0.5) is 4.39 Å². The molecule has 28 heavy (non-hydrogen) atoms. The van der Waals surface area contributed by atoms with Crippen LogP contribution in [-0.4, -0.2) is 23.7 Å². The molecular weight excluding hydrogens is 357 g/mol. The summed E-state index contributed by atoms with van der Waals surface area (Å²) in [6, 6.07) is 15.6. The van der Waals surface area contributed by atoms with Crippen molar-refractivity contribution in [3.05, 3.63) is 71.5 Å². The van der Waals surface area contributed by atoms with Gasteiger partial charge in [0.1, 0.15) is 18.0 Å². The number of rotatable bonds is 9. The molecule has 3 atom stereocenters. The van der Waals surface area contributed by atoms with E-state index in [0.717, 1.165) is 11.1 Å². The highest BCUT2D eigenvalue weighted by molar-refractivity contribution is 5.75. The Morgan fingerprint density at radius 2 is 1.64 bits per heavy atom. The number of hydrogen-bond acceptors (Lipinski definition) is 4. The van der Waals surface area contributed by atoms with Crippen molar-refractivity contribution in [3.8, 4) is 0 Å². The fraction of sp³-hybridized carbons (Fsp3) is 0.435. The summed E-state index contributed by atoms with van der Waals surface area (Å²) in [4.78, 5) is 12.0. The standard InChI is InChI=1S/C23H30FNO3/c1-16(25)22(26)28-17(2)21(14-18-10-12-20(24)13-11-18)23(3,4)27-15-19-8-6-5-7-9-19/h5-13,16-17,21H,14-15,25H2,1-4H3/t16-,17-,21-/m0/s1. The van der Waals surface area contributed by atoms with Gasteiger partial charge in [-0.15, -0.1) is 0 Å². The molecule has 2 N–H and O–H groups in total. The Labute approximate surface area is 166 Å². The maximum atomic E-state index is 13.3. The third kappa shape index (κ3) is 6.43. The molecule has 0 bridgehead atoms. The maximum absolute atomic E-state index is 13.3. The lowest BCUT2D eigenvalue weighted by Crippen LogP contribution is -2.45. The molecular formula is C23H30FNO3. The lowest BCUT2D eigenvalue weighted by molar-refractivity contribution is -0.161. The Bertz CT molecular complexity index is 744. The molecule has 0 aliphatic carbocycles. The van der Waals surface area contributed by atoms with Crippen molar-refractivity contribution in [1.82, 2.24) is 0 Å². The van der Waals surface area contributed by atoms with Crippen molar-refractivity contribution in [2.24, 2.45) is 11.7 Å². The monoisotopic (exact) mass is 387 g/mol. The van der Waals surface area contributed by atoms with E-state index in [-0.39, 0.29) is 11.7 Å². The third-order valence-corrected chi connectivity index (χ3v) is 4.96. The second-order valence-corrected chi connectivity index (χ2v) is 7.75. The summed E-state index contributed by atoms with van der Waals surface area (Å²) < 4.78 is 25.1. The van der Waals surface area contributed by atoms with Crippen LogP contribution < -0.4 is 5.73 Å². The van der Waals surface area contributed by atoms with E-state index in [1.807, 2.05) is 51.1 Å². The number of hydrogen-bond donors (Lipinski definition) is 1. The summed E-state index contributed by atoms with van der Waals surface area (Å²) in [6.07, 6.45) is 0.157. The number of carbonyl (C=O) groups is 1. The van der Waals surface area contributed by atoms with Crippen molar-refractivity contribution in [2.45, 2.75) is 58.5 Å². The van der Waals surface area contributed by atoms with E-state index in [2.05, 4.69) is 0 Å². The predicted molar refractivity (Wildman–Crippen MR) is 108 cm³/mol. The topological polar surface area (TPSA) is 61.6 Å². The van der Waals surface area contributed by atoms with Crippen LogP contribution in [0.15, 0.2) is 54.6 Å². The minimum Gasteiger partial charge on any atom is -0.461 e. The Morgan fingerprint density at radius 1 is 1.04 bits per heavy atom. The summed E-state index contributed by atoms with van der Waals surface area (Å²) in [5.74, 6) is -0.879. The molecule has 0 saturated heterocycles. The van der Waals surface area contributed by atoms with Gasteiger partial charge in [0.05, 0.1) is 12.2 Å². The highest BCUT2D eigenvalue weighted by atomic mass is 19.1. The molecule has 2 rings (SSSR count). The molecule has 2 aromatic carbocycles. The molecule has 0 aliphatic heterocycles. The first kappa shape index (κ1) is 22.1. The third-order valence-electron chi connectivity index (χ3n) is 4.96. The van der Waals surface area contributed by atoms with Gasteiger partial charge in [-0.25, -0.2) is 4.39 Å². The molecule has 0 aliphatic rings. The first-order valence-corrected chi connectivity index (χ1v) is 9.57. The van der Waals surface area contributed by atoms with Crippen LogP contribution in [0.2, 0.25) is 0 Å². The summed E-state index contributed by atoms with van der Waals surface area (Å²) in [7, 11) is 0. The van der Waals surface area contributed by atoms with Gasteiger partial charge in [-0.05, 0) is 57.4 Å². The minimum absolute atomic E-state index is 0.149. The van der Waals surface area contributed by atoms with Crippen molar-refractivity contribution in [3.63, 3.8) is 0 Å². The van der Waals surface area contributed by atoms with Gasteiger partial charge in [0.2, 0.25) is 0 Å². The zero-order valence-corrected chi connectivity index (χ0v) is 17.0. The highest BCUT2D eigenvalue weighted by Crippen LogP contribution is 2.31. The largest absolute Gasteiger partial charge is 0.461 e. The molecule has 2 aromatic rings. The van der Waals surface area contributed by atoms with E-state index in [0.29, 0.717) is 13.0 Å². The maximum Gasteiger partial charge on any atom is 0.322 e. The van der Waals surface area contributed by atoms with Gasteiger partial charge >= 0.3 is 5.97 Å². The van der Waals surface area contributed by atoms with Crippen LogP contribution in [0.25, 0.3) is 0 Å². The van der Waals surface area contributed by atoms with Crippen LogP contribution in [0.3, 0.4) is 0 Å². The predicted octanol–water partition coefficient (Wildman–Crippen LogP) is 4.26. The minimum atomic E-state index is -0.692.